The number of nitrogens with two attached hydrogens (primary N) is 1. The average Bonchev–Trinajstić information content (AvgIpc) is 3.03. The fourth-order valence-corrected chi connectivity index (χ4v) is 2.26. The smallest absolute Gasteiger partial charge is 0.228 e. The first-order valence-corrected chi connectivity index (χ1v) is 6.52. The van der Waals surface area contributed by atoms with Crippen LogP contribution in [0.3, 0.4) is 0 Å². The van der Waals surface area contributed by atoms with Gasteiger partial charge in [0, 0.05) is 25.0 Å². The van der Waals surface area contributed by atoms with Gasteiger partial charge < -0.3 is 16.4 Å². The summed E-state index contributed by atoms with van der Waals surface area (Å²) in [4.78, 5) is 11.3. The summed E-state index contributed by atoms with van der Waals surface area (Å²) >= 11 is 0. The third-order valence-corrected chi connectivity index (χ3v) is 3.25. The van der Waals surface area contributed by atoms with E-state index >= 15 is 0 Å². The minimum Gasteiger partial charge on any atom is -0.397 e. The first-order valence-electron chi connectivity index (χ1n) is 6.52. The third kappa shape index (κ3) is 2.56. The summed E-state index contributed by atoms with van der Waals surface area (Å²) in [5, 5.41) is 13.8. The van der Waals surface area contributed by atoms with Gasteiger partial charge in [0.15, 0.2) is 0 Å². The van der Waals surface area contributed by atoms with Crippen LogP contribution in [0.25, 0.3) is 0 Å². The molecule has 20 heavy (non-hydrogen) atoms. The lowest BCUT2D eigenvalue weighted by molar-refractivity contribution is -0.115. The quantitative estimate of drug-likeness (QED) is 0.554. The monoisotopic (exact) mass is 272 g/mol. The number of fused-ring (bicyclic) bond motifs is 1. The lowest BCUT2D eigenvalue weighted by atomic mass is 10.1. The highest BCUT2D eigenvalue weighted by Gasteiger charge is 2.19. The maximum absolute atomic E-state index is 11.3. The molecule has 1 amide bonds. The molecule has 0 saturated heterocycles. The van der Waals surface area contributed by atoms with E-state index < -0.39 is 0 Å². The molecule has 4 N–H and O–H groups in total. The van der Waals surface area contributed by atoms with Gasteiger partial charge in [0.1, 0.15) is 0 Å². The molecule has 1 aromatic heterocycles. The Kier molecular flexibility index (Phi) is 3.24. The number of anilines is 3. The number of amides is 1. The molecular weight excluding hydrogens is 256 g/mol. The molecule has 3 rings (SSSR count). The van der Waals surface area contributed by atoms with Crippen LogP contribution in [0.5, 0.6) is 0 Å². The lowest BCUT2D eigenvalue weighted by Gasteiger charge is -2.11. The molecule has 7 heteroatoms. The highest BCUT2D eigenvalue weighted by Crippen LogP contribution is 2.31. The number of aromatic nitrogens is 3. The zero-order valence-corrected chi connectivity index (χ0v) is 11.0. The van der Waals surface area contributed by atoms with Crippen molar-refractivity contribution in [2.45, 2.75) is 19.4 Å². The number of carbonyl (C=O) groups is 1. The van der Waals surface area contributed by atoms with E-state index in [0.29, 0.717) is 12.1 Å². The Hall–Kier alpha value is -2.57. The van der Waals surface area contributed by atoms with Crippen molar-refractivity contribution < 1.29 is 4.79 Å². The van der Waals surface area contributed by atoms with Crippen LogP contribution in [-0.4, -0.2) is 27.4 Å². The molecule has 0 spiro atoms. The second-order valence-corrected chi connectivity index (χ2v) is 4.77. The van der Waals surface area contributed by atoms with Crippen molar-refractivity contribution in [1.29, 1.82) is 0 Å². The molecule has 0 bridgehead atoms. The van der Waals surface area contributed by atoms with Crippen molar-refractivity contribution in [2.75, 3.05) is 22.9 Å². The predicted molar refractivity (Wildman–Crippen MR) is 76.3 cm³/mol. The maximum atomic E-state index is 11.3. The lowest BCUT2D eigenvalue weighted by Crippen LogP contribution is -2.09. The number of carbonyl (C=O) groups excluding carboxylic acids is 1. The summed E-state index contributed by atoms with van der Waals surface area (Å²) in [5.41, 5.74) is 9.31. The van der Waals surface area contributed by atoms with Gasteiger partial charge in [-0.1, -0.05) is 5.21 Å². The first kappa shape index (κ1) is 12.5. The Morgan fingerprint density at radius 3 is 3.15 bits per heavy atom. The molecule has 1 aromatic carbocycles. The molecule has 0 radical (unpaired) electrons. The third-order valence-electron chi connectivity index (χ3n) is 3.25. The fourth-order valence-electron chi connectivity index (χ4n) is 2.26. The molecule has 0 saturated carbocycles. The van der Waals surface area contributed by atoms with Crippen molar-refractivity contribution in [2.24, 2.45) is 0 Å². The van der Waals surface area contributed by atoms with Crippen LogP contribution >= 0.6 is 0 Å². The Labute approximate surface area is 116 Å². The molecule has 1 aliphatic rings. The van der Waals surface area contributed by atoms with E-state index in [1.807, 2.05) is 18.3 Å². The van der Waals surface area contributed by atoms with E-state index in [-0.39, 0.29) is 5.91 Å². The average molecular weight is 272 g/mol. The number of hydrogen-bond donors (Lipinski definition) is 3. The number of nitrogens with one attached hydrogen (secondary N) is 2. The van der Waals surface area contributed by atoms with Gasteiger partial charge in [-0.25, -0.2) is 0 Å². The second-order valence-electron chi connectivity index (χ2n) is 4.77. The Morgan fingerprint density at radius 2 is 2.35 bits per heavy atom. The number of benzene rings is 1. The van der Waals surface area contributed by atoms with Crippen LogP contribution in [-0.2, 0) is 17.8 Å². The van der Waals surface area contributed by atoms with E-state index in [2.05, 4.69) is 20.9 Å². The summed E-state index contributed by atoms with van der Waals surface area (Å²) in [6, 6.07) is 3.75. The summed E-state index contributed by atoms with van der Waals surface area (Å²) in [6.07, 6.45) is 4.81. The molecule has 0 fully saturated rings. The van der Waals surface area contributed by atoms with Crippen molar-refractivity contribution in [3.8, 4) is 0 Å². The molecule has 7 nitrogen and oxygen atoms in total. The van der Waals surface area contributed by atoms with E-state index in [1.165, 1.54) is 0 Å². The molecule has 1 aliphatic heterocycles. The summed E-state index contributed by atoms with van der Waals surface area (Å²) in [7, 11) is 0. The molecule has 2 heterocycles. The molecule has 0 atom stereocenters. The van der Waals surface area contributed by atoms with Crippen LogP contribution in [0.15, 0.2) is 24.5 Å². The molecule has 0 aliphatic carbocycles. The highest BCUT2D eigenvalue weighted by atomic mass is 16.1. The van der Waals surface area contributed by atoms with Gasteiger partial charge in [-0.3, -0.25) is 9.48 Å². The molecule has 2 aromatic rings. The maximum Gasteiger partial charge on any atom is 0.228 e. The second kappa shape index (κ2) is 5.20. The SMILES string of the molecule is Nc1cc2c(cc1NCCCn1ccnn1)NC(=O)C2. The molecule has 104 valence electrons. The van der Waals surface area contributed by atoms with Gasteiger partial charge in [-0.2, -0.15) is 0 Å². The van der Waals surface area contributed by atoms with E-state index in [9.17, 15) is 4.79 Å². The van der Waals surface area contributed by atoms with Crippen LogP contribution in [0.4, 0.5) is 17.1 Å². The molecular formula is C13H16N6O. The number of nitrogens with zero attached hydrogens (tertiary/aromatic N) is 3. The van der Waals surface area contributed by atoms with Crippen molar-refractivity contribution >= 4 is 23.0 Å². The Balaban J connectivity index is 1.58. The van der Waals surface area contributed by atoms with E-state index in [0.717, 1.165) is 36.4 Å². The van der Waals surface area contributed by atoms with Crippen LogP contribution in [0.2, 0.25) is 0 Å². The van der Waals surface area contributed by atoms with Gasteiger partial charge in [0.25, 0.3) is 0 Å². The van der Waals surface area contributed by atoms with E-state index in [4.69, 9.17) is 5.73 Å². The number of nitrogen functional groups attached to an aromatic ring is 1. The Morgan fingerprint density at radius 1 is 1.45 bits per heavy atom. The number of hydrogen-bond acceptors (Lipinski definition) is 5. The van der Waals surface area contributed by atoms with Gasteiger partial charge in [-0.05, 0) is 24.1 Å². The van der Waals surface area contributed by atoms with Crippen molar-refractivity contribution in [3.63, 3.8) is 0 Å². The van der Waals surface area contributed by atoms with Gasteiger partial charge >= 0.3 is 0 Å². The predicted octanol–water partition coefficient (Wildman–Crippen LogP) is 0.857. The van der Waals surface area contributed by atoms with Crippen molar-refractivity contribution in [3.05, 3.63) is 30.1 Å². The zero-order valence-electron chi connectivity index (χ0n) is 11.0. The number of aryl methyl sites for hydroxylation is 1. The standard InChI is InChI=1S/C13H16N6O/c14-10-6-9-7-13(20)17-11(9)8-12(10)15-2-1-4-19-5-3-16-18-19/h3,5-6,8,15H,1-2,4,7,14H2,(H,17,20). The number of rotatable bonds is 5. The van der Waals surface area contributed by atoms with Crippen LogP contribution < -0.4 is 16.4 Å². The van der Waals surface area contributed by atoms with Gasteiger partial charge in [0.2, 0.25) is 5.91 Å². The molecule has 0 unspecified atom stereocenters. The summed E-state index contributed by atoms with van der Waals surface area (Å²) in [5.74, 6) is 0.0164. The van der Waals surface area contributed by atoms with Gasteiger partial charge in [-0.15, -0.1) is 5.10 Å². The Bertz CT molecular complexity index is 622. The van der Waals surface area contributed by atoms with Crippen LogP contribution in [0, 0.1) is 0 Å². The minimum absolute atomic E-state index is 0.0164. The first-order chi connectivity index (χ1) is 9.72. The van der Waals surface area contributed by atoms with Crippen LogP contribution in [0.1, 0.15) is 12.0 Å². The highest BCUT2D eigenvalue weighted by molar-refractivity contribution is 6.00. The topological polar surface area (TPSA) is 97.9 Å². The van der Waals surface area contributed by atoms with E-state index in [1.54, 1.807) is 10.9 Å². The fraction of sp³-hybridized carbons (Fsp3) is 0.308. The minimum atomic E-state index is 0.0164. The summed E-state index contributed by atoms with van der Waals surface area (Å²) < 4.78 is 1.79. The van der Waals surface area contributed by atoms with Gasteiger partial charge in [0.05, 0.1) is 24.0 Å². The largest absolute Gasteiger partial charge is 0.397 e. The summed E-state index contributed by atoms with van der Waals surface area (Å²) in [6.45, 7) is 1.57. The van der Waals surface area contributed by atoms with Crippen molar-refractivity contribution in [1.82, 2.24) is 15.0 Å². The normalized spacial score (nSPS) is 13.1. The zero-order chi connectivity index (χ0) is 13.9.